The Morgan fingerprint density at radius 1 is 1.27 bits per heavy atom. The highest BCUT2D eigenvalue weighted by atomic mass is 32.2. The first-order valence-corrected chi connectivity index (χ1v) is 12.4. The van der Waals surface area contributed by atoms with Crippen LogP contribution >= 0.6 is 0 Å². The molecule has 1 atom stereocenters. The molecule has 1 fully saturated rings. The summed E-state index contributed by atoms with van der Waals surface area (Å²) in [7, 11) is -3.91. The molecule has 9 heteroatoms. The van der Waals surface area contributed by atoms with Crippen LogP contribution in [0.1, 0.15) is 42.5 Å². The molecule has 4 rings (SSSR count). The molecule has 1 aromatic carbocycles. The van der Waals surface area contributed by atoms with E-state index in [0.717, 1.165) is 17.7 Å². The van der Waals surface area contributed by atoms with Gasteiger partial charge in [-0.2, -0.15) is 4.31 Å². The Kier molecular flexibility index (Phi) is 6.80. The van der Waals surface area contributed by atoms with Crippen LogP contribution in [0.15, 0.2) is 56.5 Å². The van der Waals surface area contributed by atoms with E-state index in [4.69, 9.17) is 8.94 Å². The maximum absolute atomic E-state index is 13.5. The fourth-order valence-corrected chi connectivity index (χ4v) is 5.73. The van der Waals surface area contributed by atoms with Crippen LogP contribution in [0.4, 0.5) is 5.69 Å². The van der Waals surface area contributed by atoms with Gasteiger partial charge in [0.2, 0.25) is 15.9 Å². The Labute approximate surface area is 193 Å². The zero-order chi connectivity index (χ0) is 23.4. The SMILES string of the molecule is CCc1cccc(NC(=O)C2CCCN(S(=O)(=O)c3c(C)noc3C=Cc3ccco3)C2)c1. The van der Waals surface area contributed by atoms with Gasteiger partial charge in [0.15, 0.2) is 10.7 Å². The van der Waals surface area contributed by atoms with E-state index in [1.165, 1.54) is 16.6 Å². The summed E-state index contributed by atoms with van der Waals surface area (Å²) in [6.07, 6.45) is 6.76. The summed E-state index contributed by atoms with van der Waals surface area (Å²) in [5, 5.41) is 6.80. The lowest BCUT2D eigenvalue weighted by atomic mass is 9.98. The second-order valence-electron chi connectivity index (χ2n) is 8.06. The number of amides is 1. The molecule has 3 aromatic rings. The quantitative estimate of drug-likeness (QED) is 0.552. The lowest BCUT2D eigenvalue weighted by Crippen LogP contribution is -2.43. The number of carbonyl (C=O) groups is 1. The minimum Gasteiger partial charge on any atom is -0.465 e. The number of anilines is 1. The molecule has 1 saturated heterocycles. The van der Waals surface area contributed by atoms with Crippen LogP contribution < -0.4 is 5.32 Å². The van der Waals surface area contributed by atoms with Gasteiger partial charge in [-0.1, -0.05) is 24.2 Å². The summed E-state index contributed by atoms with van der Waals surface area (Å²) in [4.78, 5) is 12.9. The molecule has 0 spiro atoms. The summed E-state index contributed by atoms with van der Waals surface area (Å²) in [6, 6.07) is 11.2. The number of hydrogen-bond acceptors (Lipinski definition) is 6. The number of aromatic nitrogens is 1. The molecule has 1 amide bonds. The molecule has 1 aliphatic rings. The van der Waals surface area contributed by atoms with Crippen LogP contribution in [0.3, 0.4) is 0 Å². The van der Waals surface area contributed by atoms with Crippen LogP contribution in [-0.4, -0.2) is 36.9 Å². The van der Waals surface area contributed by atoms with E-state index in [2.05, 4.69) is 17.4 Å². The topological polar surface area (TPSA) is 106 Å². The van der Waals surface area contributed by atoms with E-state index in [1.54, 1.807) is 25.1 Å². The second-order valence-corrected chi connectivity index (χ2v) is 9.93. The maximum atomic E-state index is 13.5. The van der Waals surface area contributed by atoms with E-state index < -0.39 is 15.9 Å². The number of aryl methyl sites for hydroxylation is 2. The normalized spacial score (nSPS) is 17.5. The van der Waals surface area contributed by atoms with Crippen molar-refractivity contribution in [3.63, 3.8) is 0 Å². The third kappa shape index (κ3) is 5.09. The van der Waals surface area contributed by atoms with Crippen LogP contribution in [0, 0.1) is 12.8 Å². The minimum absolute atomic E-state index is 0.0158. The van der Waals surface area contributed by atoms with Crippen molar-refractivity contribution in [3.8, 4) is 0 Å². The van der Waals surface area contributed by atoms with Crippen molar-refractivity contribution in [1.82, 2.24) is 9.46 Å². The minimum atomic E-state index is -3.91. The van der Waals surface area contributed by atoms with E-state index in [9.17, 15) is 13.2 Å². The first-order chi connectivity index (χ1) is 15.9. The number of nitrogens with one attached hydrogen (secondary N) is 1. The van der Waals surface area contributed by atoms with E-state index in [-0.39, 0.29) is 28.8 Å². The lowest BCUT2D eigenvalue weighted by molar-refractivity contribution is -0.120. The van der Waals surface area contributed by atoms with Crippen molar-refractivity contribution in [1.29, 1.82) is 0 Å². The van der Waals surface area contributed by atoms with Crippen LogP contribution in [0.2, 0.25) is 0 Å². The van der Waals surface area contributed by atoms with E-state index in [0.29, 0.717) is 25.1 Å². The molecule has 0 radical (unpaired) electrons. The van der Waals surface area contributed by atoms with Crippen LogP contribution in [0.5, 0.6) is 0 Å². The number of nitrogens with zero attached hydrogens (tertiary/aromatic N) is 2. The zero-order valence-electron chi connectivity index (χ0n) is 18.7. The molecular formula is C24H27N3O5S. The molecule has 1 aliphatic heterocycles. The largest absolute Gasteiger partial charge is 0.465 e. The summed E-state index contributed by atoms with van der Waals surface area (Å²) in [5.74, 6) is 0.0744. The van der Waals surface area contributed by atoms with E-state index >= 15 is 0 Å². The highest BCUT2D eigenvalue weighted by Crippen LogP contribution is 2.29. The Morgan fingerprint density at radius 2 is 2.12 bits per heavy atom. The standard InChI is InChI=1S/C24H27N3O5S/c1-3-18-7-4-9-20(15-18)25-24(28)19-8-5-13-27(16-19)33(29,30)23-17(2)26-32-22(23)12-11-21-10-6-14-31-21/h4,6-7,9-12,14-15,19H,3,5,8,13,16H2,1-2H3,(H,25,28). The van der Waals surface area contributed by atoms with Crippen LogP contribution in [-0.2, 0) is 21.2 Å². The third-order valence-electron chi connectivity index (χ3n) is 5.73. The van der Waals surface area contributed by atoms with Gasteiger partial charge in [0.1, 0.15) is 11.5 Å². The summed E-state index contributed by atoms with van der Waals surface area (Å²) >= 11 is 0. The molecule has 33 heavy (non-hydrogen) atoms. The van der Waals surface area contributed by atoms with Gasteiger partial charge in [-0.3, -0.25) is 4.79 Å². The van der Waals surface area contributed by atoms with Crippen molar-refractivity contribution in [2.75, 3.05) is 18.4 Å². The highest BCUT2D eigenvalue weighted by Gasteiger charge is 2.37. The van der Waals surface area contributed by atoms with Gasteiger partial charge >= 0.3 is 0 Å². The zero-order valence-corrected chi connectivity index (χ0v) is 19.5. The predicted octanol–water partition coefficient (Wildman–Crippen LogP) is 4.35. The number of rotatable bonds is 7. The number of carbonyl (C=O) groups excluding carboxylic acids is 1. The Balaban J connectivity index is 1.52. The summed E-state index contributed by atoms with van der Waals surface area (Å²) < 4.78 is 38.9. The molecule has 174 valence electrons. The second kappa shape index (κ2) is 9.76. The molecule has 2 aromatic heterocycles. The van der Waals surface area contributed by atoms with Gasteiger partial charge in [0, 0.05) is 18.8 Å². The number of furan rings is 1. The molecule has 1 N–H and O–H groups in total. The van der Waals surface area contributed by atoms with Crippen molar-refractivity contribution in [2.45, 2.75) is 38.0 Å². The Morgan fingerprint density at radius 3 is 2.88 bits per heavy atom. The summed E-state index contributed by atoms with van der Waals surface area (Å²) in [5.41, 5.74) is 2.12. The van der Waals surface area contributed by atoms with Crippen molar-refractivity contribution in [3.05, 3.63) is 65.4 Å². The maximum Gasteiger partial charge on any atom is 0.248 e. The predicted molar refractivity (Wildman–Crippen MR) is 125 cm³/mol. The molecule has 0 saturated carbocycles. The van der Waals surface area contributed by atoms with Gasteiger partial charge in [-0.25, -0.2) is 8.42 Å². The number of piperidine rings is 1. The molecule has 0 bridgehead atoms. The Bertz CT molecular complexity index is 1240. The Hall–Kier alpha value is -3.17. The monoisotopic (exact) mass is 469 g/mol. The van der Waals surface area contributed by atoms with Crippen molar-refractivity contribution in [2.24, 2.45) is 5.92 Å². The molecule has 8 nitrogen and oxygen atoms in total. The van der Waals surface area contributed by atoms with Crippen molar-refractivity contribution >= 4 is 33.8 Å². The first-order valence-electron chi connectivity index (χ1n) is 11.0. The lowest BCUT2D eigenvalue weighted by Gasteiger charge is -2.31. The fraction of sp³-hybridized carbons (Fsp3) is 0.333. The molecule has 0 aliphatic carbocycles. The van der Waals surface area contributed by atoms with Crippen LogP contribution in [0.25, 0.3) is 12.2 Å². The number of hydrogen-bond donors (Lipinski definition) is 1. The average molecular weight is 470 g/mol. The van der Waals surface area contributed by atoms with Gasteiger partial charge in [-0.15, -0.1) is 0 Å². The molecule has 1 unspecified atom stereocenters. The van der Waals surface area contributed by atoms with Gasteiger partial charge in [-0.05, 0) is 68.2 Å². The third-order valence-corrected chi connectivity index (χ3v) is 7.76. The van der Waals surface area contributed by atoms with E-state index in [1.807, 2.05) is 24.3 Å². The van der Waals surface area contributed by atoms with Gasteiger partial charge in [0.05, 0.1) is 12.2 Å². The smallest absolute Gasteiger partial charge is 0.248 e. The van der Waals surface area contributed by atoms with Gasteiger partial charge < -0.3 is 14.3 Å². The molecular weight excluding hydrogens is 442 g/mol. The molecule has 3 heterocycles. The first kappa shape index (κ1) is 23.0. The fourth-order valence-electron chi connectivity index (χ4n) is 3.96. The van der Waals surface area contributed by atoms with Gasteiger partial charge in [0.25, 0.3) is 0 Å². The van der Waals surface area contributed by atoms with Crippen molar-refractivity contribution < 1.29 is 22.2 Å². The average Bonchev–Trinajstić information content (AvgIpc) is 3.47. The number of benzene rings is 1. The highest BCUT2D eigenvalue weighted by molar-refractivity contribution is 7.89. The number of sulfonamides is 1. The summed E-state index contributed by atoms with van der Waals surface area (Å²) in [6.45, 7) is 4.09.